The van der Waals surface area contributed by atoms with E-state index in [1.807, 2.05) is 52.0 Å². The molecule has 0 heterocycles. The normalized spacial score (nSPS) is 10.9. The van der Waals surface area contributed by atoms with E-state index in [2.05, 4.69) is 5.32 Å². The summed E-state index contributed by atoms with van der Waals surface area (Å²) in [7, 11) is 0. The van der Waals surface area contributed by atoms with E-state index in [0.717, 1.165) is 5.56 Å². The Morgan fingerprint density at radius 1 is 1.14 bits per heavy atom. The van der Waals surface area contributed by atoms with Crippen molar-refractivity contribution < 1.29 is 19.1 Å². The van der Waals surface area contributed by atoms with Crippen LogP contribution in [0.5, 0.6) is 5.75 Å². The quantitative estimate of drug-likeness (QED) is 0.817. The first-order chi connectivity index (χ1) is 9.76. The van der Waals surface area contributed by atoms with Gasteiger partial charge in [-0.15, -0.1) is 0 Å². The molecule has 0 saturated carbocycles. The highest BCUT2D eigenvalue weighted by Gasteiger charge is 2.15. The average Bonchev–Trinajstić information content (AvgIpc) is 2.37. The van der Waals surface area contributed by atoms with Gasteiger partial charge in [0.15, 0.2) is 6.61 Å². The molecule has 1 N–H and O–H groups in total. The molecule has 0 atom stereocenters. The van der Waals surface area contributed by atoms with Gasteiger partial charge in [0.2, 0.25) is 0 Å². The summed E-state index contributed by atoms with van der Waals surface area (Å²) in [6.45, 7) is 7.54. The Bertz CT molecular complexity index is 474. The van der Waals surface area contributed by atoms with E-state index in [4.69, 9.17) is 9.47 Å². The Balaban J connectivity index is 2.19. The summed E-state index contributed by atoms with van der Waals surface area (Å²) < 4.78 is 10.3. The molecule has 0 fully saturated rings. The summed E-state index contributed by atoms with van der Waals surface area (Å²) in [6.07, 6.45) is 0.108. The largest absolute Gasteiger partial charge is 0.493 e. The fourth-order valence-corrected chi connectivity index (χ4v) is 1.56. The number of aryl methyl sites for hydroxylation is 1. The SMILES string of the molecule is Cc1ccc(OCCC(=O)OCC(=O)NC(C)(C)C)cc1. The van der Waals surface area contributed by atoms with Gasteiger partial charge in [-0.1, -0.05) is 17.7 Å². The van der Waals surface area contributed by atoms with Crippen molar-refractivity contribution in [3.8, 4) is 5.75 Å². The number of hydrogen-bond donors (Lipinski definition) is 1. The molecule has 0 bridgehead atoms. The van der Waals surface area contributed by atoms with Crippen LogP contribution in [0.1, 0.15) is 32.8 Å². The second-order valence-electron chi connectivity index (χ2n) is 5.87. The Morgan fingerprint density at radius 2 is 1.76 bits per heavy atom. The number of carbonyl (C=O) groups excluding carboxylic acids is 2. The molecule has 0 radical (unpaired) electrons. The second kappa shape index (κ2) is 7.67. The van der Waals surface area contributed by atoms with Crippen molar-refractivity contribution in [2.45, 2.75) is 39.7 Å². The number of rotatable bonds is 6. The number of esters is 1. The third-order valence-corrected chi connectivity index (χ3v) is 2.47. The molecule has 0 unspecified atom stereocenters. The molecule has 1 rings (SSSR count). The molecule has 0 spiro atoms. The van der Waals surface area contributed by atoms with Crippen LogP contribution < -0.4 is 10.1 Å². The lowest BCUT2D eigenvalue weighted by molar-refractivity contribution is -0.149. The molecule has 0 aliphatic rings. The minimum absolute atomic E-state index is 0.108. The second-order valence-corrected chi connectivity index (χ2v) is 5.87. The smallest absolute Gasteiger partial charge is 0.309 e. The maximum Gasteiger partial charge on any atom is 0.309 e. The average molecular weight is 293 g/mol. The van der Waals surface area contributed by atoms with Crippen molar-refractivity contribution >= 4 is 11.9 Å². The van der Waals surface area contributed by atoms with Crippen molar-refractivity contribution in [2.24, 2.45) is 0 Å². The molecule has 1 amide bonds. The van der Waals surface area contributed by atoms with E-state index in [-0.39, 0.29) is 31.1 Å². The fourth-order valence-electron chi connectivity index (χ4n) is 1.56. The van der Waals surface area contributed by atoms with Crippen LogP contribution in [0.3, 0.4) is 0 Å². The monoisotopic (exact) mass is 293 g/mol. The maximum atomic E-state index is 11.5. The summed E-state index contributed by atoms with van der Waals surface area (Å²) in [5.41, 5.74) is 0.810. The number of benzene rings is 1. The van der Waals surface area contributed by atoms with Gasteiger partial charge in [0.1, 0.15) is 5.75 Å². The fraction of sp³-hybridized carbons (Fsp3) is 0.500. The van der Waals surface area contributed by atoms with Crippen LogP contribution in [0.4, 0.5) is 0 Å². The Labute approximate surface area is 125 Å². The van der Waals surface area contributed by atoms with Crippen LogP contribution >= 0.6 is 0 Å². The number of nitrogens with one attached hydrogen (secondary N) is 1. The van der Waals surface area contributed by atoms with Crippen molar-refractivity contribution in [1.82, 2.24) is 5.32 Å². The van der Waals surface area contributed by atoms with Gasteiger partial charge < -0.3 is 14.8 Å². The minimum Gasteiger partial charge on any atom is -0.493 e. The molecule has 5 heteroatoms. The predicted molar refractivity (Wildman–Crippen MR) is 80.1 cm³/mol. The number of ether oxygens (including phenoxy) is 2. The van der Waals surface area contributed by atoms with Crippen LogP contribution in [0.15, 0.2) is 24.3 Å². The van der Waals surface area contributed by atoms with Gasteiger partial charge in [0.25, 0.3) is 5.91 Å². The number of carbonyl (C=O) groups is 2. The van der Waals surface area contributed by atoms with Gasteiger partial charge in [0, 0.05) is 5.54 Å². The molecule has 116 valence electrons. The molecule has 21 heavy (non-hydrogen) atoms. The Hall–Kier alpha value is -2.04. The molecule has 0 aromatic heterocycles. The van der Waals surface area contributed by atoms with E-state index < -0.39 is 5.97 Å². The van der Waals surface area contributed by atoms with E-state index in [1.165, 1.54) is 0 Å². The topological polar surface area (TPSA) is 64.6 Å². The van der Waals surface area contributed by atoms with Crippen molar-refractivity contribution in [3.05, 3.63) is 29.8 Å². The summed E-state index contributed by atoms with van der Waals surface area (Å²) in [5.74, 6) is -0.0552. The number of hydrogen-bond acceptors (Lipinski definition) is 4. The van der Waals surface area contributed by atoms with E-state index in [0.29, 0.717) is 5.75 Å². The first kappa shape index (κ1) is 17.0. The van der Waals surface area contributed by atoms with Crippen LogP contribution in [0, 0.1) is 6.92 Å². The highest BCUT2D eigenvalue weighted by Crippen LogP contribution is 2.11. The third-order valence-electron chi connectivity index (χ3n) is 2.47. The lowest BCUT2D eigenvalue weighted by atomic mass is 10.1. The number of amides is 1. The molecule has 5 nitrogen and oxygen atoms in total. The van der Waals surface area contributed by atoms with E-state index >= 15 is 0 Å². The highest BCUT2D eigenvalue weighted by atomic mass is 16.5. The van der Waals surface area contributed by atoms with Crippen LogP contribution in [0.25, 0.3) is 0 Å². The van der Waals surface area contributed by atoms with Crippen LogP contribution in [-0.4, -0.2) is 30.6 Å². The van der Waals surface area contributed by atoms with Gasteiger partial charge >= 0.3 is 5.97 Å². The summed E-state index contributed by atoms with van der Waals surface area (Å²) in [6, 6.07) is 7.56. The Kier molecular flexibility index (Phi) is 6.21. The summed E-state index contributed by atoms with van der Waals surface area (Å²) in [5, 5.41) is 2.71. The lowest BCUT2D eigenvalue weighted by Gasteiger charge is -2.20. The standard InChI is InChI=1S/C16H23NO4/c1-12-5-7-13(8-6-12)20-10-9-15(19)21-11-14(18)17-16(2,3)4/h5-8H,9-11H2,1-4H3,(H,17,18). The molecule has 0 aliphatic carbocycles. The molecular weight excluding hydrogens is 270 g/mol. The molecular formula is C16H23NO4. The van der Waals surface area contributed by atoms with Gasteiger partial charge in [0.05, 0.1) is 13.0 Å². The zero-order chi connectivity index (χ0) is 15.9. The highest BCUT2D eigenvalue weighted by molar-refractivity contribution is 5.81. The van der Waals surface area contributed by atoms with Gasteiger partial charge in [-0.2, -0.15) is 0 Å². The minimum atomic E-state index is -0.453. The first-order valence-corrected chi connectivity index (χ1v) is 6.92. The summed E-state index contributed by atoms with van der Waals surface area (Å²) >= 11 is 0. The molecule has 0 saturated heterocycles. The van der Waals surface area contributed by atoms with Gasteiger partial charge in [-0.25, -0.2) is 0 Å². The Morgan fingerprint density at radius 3 is 2.33 bits per heavy atom. The summed E-state index contributed by atoms with van der Waals surface area (Å²) in [4.78, 5) is 22.9. The molecule has 1 aromatic rings. The zero-order valence-corrected chi connectivity index (χ0v) is 13.1. The van der Waals surface area contributed by atoms with Crippen LogP contribution in [0.2, 0.25) is 0 Å². The van der Waals surface area contributed by atoms with Gasteiger partial charge in [-0.05, 0) is 39.8 Å². The van der Waals surface area contributed by atoms with Crippen molar-refractivity contribution in [2.75, 3.05) is 13.2 Å². The maximum absolute atomic E-state index is 11.5. The molecule has 0 aliphatic heterocycles. The van der Waals surface area contributed by atoms with Crippen molar-refractivity contribution in [1.29, 1.82) is 0 Å². The predicted octanol–water partition coefficient (Wildman–Crippen LogP) is 2.22. The lowest BCUT2D eigenvalue weighted by Crippen LogP contribution is -2.42. The molecule has 1 aromatic carbocycles. The zero-order valence-electron chi connectivity index (χ0n) is 13.1. The third kappa shape index (κ3) is 7.97. The van der Waals surface area contributed by atoms with E-state index in [1.54, 1.807) is 0 Å². The van der Waals surface area contributed by atoms with Crippen LogP contribution in [-0.2, 0) is 14.3 Å². The first-order valence-electron chi connectivity index (χ1n) is 6.92. The van der Waals surface area contributed by atoms with E-state index in [9.17, 15) is 9.59 Å². The van der Waals surface area contributed by atoms with Crippen molar-refractivity contribution in [3.63, 3.8) is 0 Å². The van der Waals surface area contributed by atoms with Gasteiger partial charge in [-0.3, -0.25) is 9.59 Å².